The van der Waals surface area contributed by atoms with Crippen LogP contribution in [0.1, 0.15) is 18.4 Å². The van der Waals surface area contributed by atoms with Crippen molar-refractivity contribution < 1.29 is 18.7 Å². The molecule has 1 aromatic carbocycles. The van der Waals surface area contributed by atoms with E-state index in [4.69, 9.17) is 13.9 Å². The van der Waals surface area contributed by atoms with Crippen molar-refractivity contribution in [3.63, 3.8) is 0 Å². The van der Waals surface area contributed by atoms with Gasteiger partial charge in [0.1, 0.15) is 5.52 Å². The van der Waals surface area contributed by atoms with Crippen molar-refractivity contribution in [1.82, 2.24) is 9.88 Å². The highest BCUT2D eigenvalue weighted by atomic mass is 16.7. The number of rotatable bonds is 2. The second kappa shape index (κ2) is 5.37. The third-order valence-electron chi connectivity index (χ3n) is 4.44. The van der Waals surface area contributed by atoms with Gasteiger partial charge in [-0.15, -0.1) is 0 Å². The number of likely N-dealkylation sites (tertiary alicyclic amines) is 1. The minimum Gasteiger partial charge on any atom is -0.443 e. The molecule has 22 heavy (non-hydrogen) atoms. The number of piperidine rings is 1. The lowest BCUT2D eigenvalue weighted by atomic mass is 10.0. The van der Waals surface area contributed by atoms with E-state index in [0.717, 1.165) is 29.5 Å². The first-order valence-corrected chi connectivity index (χ1v) is 7.62. The van der Waals surface area contributed by atoms with Gasteiger partial charge in [0.05, 0.1) is 19.6 Å². The molecule has 4 rings (SSSR count). The molecule has 0 aliphatic carbocycles. The lowest BCUT2D eigenvalue weighted by molar-refractivity contribution is -0.187. The Balaban J connectivity index is 1.40. The van der Waals surface area contributed by atoms with Crippen LogP contribution in [0, 0.1) is 0 Å². The molecule has 2 aliphatic heterocycles. The maximum absolute atomic E-state index is 12.4. The van der Waals surface area contributed by atoms with E-state index in [1.807, 2.05) is 23.1 Å². The van der Waals surface area contributed by atoms with Crippen LogP contribution in [0.25, 0.3) is 11.1 Å². The molecule has 0 saturated carbocycles. The van der Waals surface area contributed by atoms with Crippen LogP contribution in [0.2, 0.25) is 0 Å². The largest absolute Gasteiger partial charge is 0.443 e. The highest BCUT2D eigenvalue weighted by molar-refractivity contribution is 5.81. The summed E-state index contributed by atoms with van der Waals surface area (Å²) in [7, 11) is 0. The van der Waals surface area contributed by atoms with E-state index in [0.29, 0.717) is 32.7 Å². The summed E-state index contributed by atoms with van der Waals surface area (Å²) in [6.07, 6.45) is 3.30. The molecule has 0 unspecified atom stereocenters. The summed E-state index contributed by atoms with van der Waals surface area (Å²) in [4.78, 5) is 18.4. The third-order valence-corrected chi connectivity index (χ3v) is 4.44. The Morgan fingerprint density at radius 1 is 1.23 bits per heavy atom. The standard InChI is InChI=1S/C16H18N2O4/c19-15(10-12-1-2-13-14(9-12)20-11-17-13)18-5-3-16(4-6-18)21-7-8-22-16/h1-2,9,11H,3-8,10H2. The predicted octanol–water partition coefficient (Wildman–Crippen LogP) is 1.74. The van der Waals surface area contributed by atoms with Gasteiger partial charge in [0.2, 0.25) is 5.91 Å². The molecule has 0 N–H and O–H groups in total. The minimum atomic E-state index is -0.435. The maximum Gasteiger partial charge on any atom is 0.226 e. The summed E-state index contributed by atoms with van der Waals surface area (Å²) in [6.45, 7) is 2.68. The Morgan fingerprint density at radius 3 is 2.77 bits per heavy atom. The molecule has 2 saturated heterocycles. The van der Waals surface area contributed by atoms with Gasteiger partial charge in [0.25, 0.3) is 0 Å². The number of benzene rings is 1. The van der Waals surface area contributed by atoms with Gasteiger partial charge >= 0.3 is 0 Å². The number of fused-ring (bicyclic) bond motifs is 1. The van der Waals surface area contributed by atoms with E-state index < -0.39 is 5.79 Å². The number of aromatic nitrogens is 1. The maximum atomic E-state index is 12.4. The van der Waals surface area contributed by atoms with Crippen LogP contribution >= 0.6 is 0 Å². The summed E-state index contributed by atoms with van der Waals surface area (Å²) >= 11 is 0. The molecule has 2 fully saturated rings. The first-order chi connectivity index (χ1) is 10.7. The van der Waals surface area contributed by atoms with Crippen LogP contribution in [0.15, 0.2) is 29.0 Å². The monoisotopic (exact) mass is 302 g/mol. The molecule has 0 atom stereocenters. The fourth-order valence-electron chi connectivity index (χ4n) is 3.18. The molecular formula is C16H18N2O4. The number of nitrogens with zero attached hydrogens (tertiary/aromatic N) is 2. The van der Waals surface area contributed by atoms with Crippen molar-refractivity contribution in [2.24, 2.45) is 0 Å². The molecule has 2 aromatic rings. The second-order valence-electron chi connectivity index (χ2n) is 5.82. The number of hydrogen-bond acceptors (Lipinski definition) is 5. The van der Waals surface area contributed by atoms with Crippen LogP contribution in [0.4, 0.5) is 0 Å². The minimum absolute atomic E-state index is 0.131. The Hall–Kier alpha value is -1.92. The molecular weight excluding hydrogens is 284 g/mol. The van der Waals surface area contributed by atoms with Gasteiger partial charge in [-0.1, -0.05) is 6.07 Å². The van der Waals surface area contributed by atoms with Crippen LogP contribution in [0.3, 0.4) is 0 Å². The fraction of sp³-hybridized carbons (Fsp3) is 0.500. The zero-order valence-corrected chi connectivity index (χ0v) is 12.3. The van der Waals surface area contributed by atoms with Gasteiger partial charge in [0.15, 0.2) is 17.8 Å². The van der Waals surface area contributed by atoms with Crippen molar-refractivity contribution in [3.8, 4) is 0 Å². The number of carbonyl (C=O) groups excluding carboxylic acids is 1. The highest BCUT2D eigenvalue weighted by Crippen LogP contribution is 2.31. The Morgan fingerprint density at radius 2 is 2.00 bits per heavy atom. The van der Waals surface area contributed by atoms with Gasteiger partial charge in [-0.25, -0.2) is 4.98 Å². The summed E-state index contributed by atoms with van der Waals surface area (Å²) in [5, 5.41) is 0. The summed E-state index contributed by atoms with van der Waals surface area (Å²) in [5.74, 6) is -0.304. The van der Waals surface area contributed by atoms with Gasteiger partial charge in [-0.3, -0.25) is 4.79 Å². The molecule has 2 aliphatic rings. The topological polar surface area (TPSA) is 64.8 Å². The Bertz CT molecular complexity index is 680. The van der Waals surface area contributed by atoms with Crippen molar-refractivity contribution >= 4 is 17.0 Å². The smallest absolute Gasteiger partial charge is 0.226 e. The average Bonchev–Trinajstić information content (AvgIpc) is 3.17. The normalized spacial score (nSPS) is 20.8. The van der Waals surface area contributed by atoms with Crippen molar-refractivity contribution in [2.75, 3.05) is 26.3 Å². The van der Waals surface area contributed by atoms with E-state index in [-0.39, 0.29) is 5.91 Å². The van der Waals surface area contributed by atoms with E-state index in [1.54, 1.807) is 0 Å². The van der Waals surface area contributed by atoms with E-state index in [1.165, 1.54) is 6.39 Å². The lowest BCUT2D eigenvalue weighted by Gasteiger charge is -2.37. The summed E-state index contributed by atoms with van der Waals surface area (Å²) in [5.41, 5.74) is 2.48. The molecule has 3 heterocycles. The van der Waals surface area contributed by atoms with Crippen molar-refractivity contribution in [2.45, 2.75) is 25.0 Å². The summed E-state index contributed by atoms with van der Waals surface area (Å²) < 4.78 is 16.7. The number of oxazole rings is 1. The van der Waals surface area contributed by atoms with E-state index in [9.17, 15) is 4.79 Å². The second-order valence-corrected chi connectivity index (χ2v) is 5.82. The predicted molar refractivity (Wildman–Crippen MR) is 78.2 cm³/mol. The Labute approximate surface area is 128 Å². The third kappa shape index (κ3) is 2.48. The molecule has 116 valence electrons. The number of hydrogen-bond donors (Lipinski definition) is 0. The lowest BCUT2D eigenvalue weighted by Crippen LogP contribution is -2.47. The SMILES string of the molecule is O=C(Cc1ccc2ncoc2c1)N1CCC2(CC1)OCCO2. The number of ether oxygens (including phenoxy) is 2. The molecule has 0 bridgehead atoms. The molecule has 1 amide bonds. The fourth-order valence-corrected chi connectivity index (χ4v) is 3.18. The highest BCUT2D eigenvalue weighted by Gasteiger charge is 2.40. The van der Waals surface area contributed by atoms with Crippen LogP contribution < -0.4 is 0 Å². The van der Waals surface area contributed by atoms with Gasteiger partial charge < -0.3 is 18.8 Å². The van der Waals surface area contributed by atoms with E-state index in [2.05, 4.69) is 4.98 Å². The zero-order valence-electron chi connectivity index (χ0n) is 12.3. The average molecular weight is 302 g/mol. The molecule has 6 nitrogen and oxygen atoms in total. The van der Waals surface area contributed by atoms with Crippen molar-refractivity contribution in [1.29, 1.82) is 0 Å². The molecule has 1 aromatic heterocycles. The van der Waals surface area contributed by atoms with Gasteiger partial charge in [-0.2, -0.15) is 0 Å². The quantitative estimate of drug-likeness (QED) is 0.845. The Kier molecular flexibility index (Phi) is 3.35. The van der Waals surface area contributed by atoms with Gasteiger partial charge in [0, 0.05) is 25.9 Å². The molecule has 1 spiro atoms. The molecule has 6 heteroatoms. The van der Waals surface area contributed by atoms with E-state index >= 15 is 0 Å². The zero-order chi connectivity index (χ0) is 15.0. The van der Waals surface area contributed by atoms with Crippen LogP contribution in [0.5, 0.6) is 0 Å². The first-order valence-electron chi connectivity index (χ1n) is 7.62. The molecule has 0 radical (unpaired) electrons. The van der Waals surface area contributed by atoms with Crippen LogP contribution in [-0.2, 0) is 20.7 Å². The first kappa shape index (κ1) is 13.7. The van der Waals surface area contributed by atoms with Crippen molar-refractivity contribution in [3.05, 3.63) is 30.2 Å². The number of amides is 1. The van der Waals surface area contributed by atoms with Gasteiger partial charge in [-0.05, 0) is 17.7 Å². The van der Waals surface area contributed by atoms with Crippen LogP contribution in [-0.4, -0.2) is 47.9 Å². The number of carbonyl (C=O) groups is 1. The summed E-state index contributed by atoms with van der Waals surface area (Å²) in [6, 6.07) is 5.69.